The van der Waals surface area contributed by atoms with Gasteiger partial charge in [0, 0.05) is 19.7 Å². The number of aromatic nitrogens is 1. The van der Waals surface area contributed by atoms with E-state index < -0.39 is 0 Å². The van der Waals surface area contributed by atoms with Crippen molar-refractivity contribution in [2.24, 2.45) is 0 Å². The van der Waals surface area contributed by atoms with Crippen molar-refractivity contribution in [2.45, 2.75) is 31.9 Å². The number of nitrogens with zero attached hydrogens (tertiary/aromatic N) is 1. The molecule has 0 spiro atoms. The lowest BCUT2D eigenvalue weighted by Gasteiger charge is -2.27. The van der Waals surface area contributed by atoms with Gasteiger partial charge < -0.3 is 15.4 Å². The SMILES string of the molecule is CNc1ccc(C(=O)NC2CCOC(C)C2)nc1. The molecule has 18 heavy (non-hydrogen) atoms. The van der Waals surface area contributed by atoms with E-state index in [1.807, 2.05) is 20.0 Å². The van der Waals surface area contributed by atoms with Gasteiger partial charge in [0.2, 0.25) is 0 Å². The molecule has 1 saturated heterocycles. The van der Waals surface area contributed by atoms with Crippen molar-refractivity contribution in [1.82, 2.24) is 10.3 Å². The third kappa shape index (κ3) is 3.20. The second-order valence-corrected chi connectivity index (χ2v) is 4.56. The highest BCUT2D eigenvalue weighted by Crippen LogP contribution is 2.14. The number of carbonyl (C=O) groups is 1. The number of amides is 1. The maximum Gasteiger partial charge on any atom is 0.270 e. The number of anilines is 1. The first-order valence-electron chi connectivity index (χ1n) is 6.25. The van der Waals surface area contributed by atoms with Crippen LogP contribution in [0.15, 0.2) is 18.3 Å². The fourth-order valence-corrected chi connectivity index (χ4v) is 2.06. The molecule has 2 unspecified atom stereocenters. The van der Waals surface area contributed by atoms with Crippen molar-refractivity contribution < 1.29 is 9.53 Å². The zero-order chi connectivity index (χ0) is 13.0. The first-order valence-corrected chi connectivity index (χ1v) is 6.25. The molecule has 0 radical (unpaired) electrons. The van der Waals surface area contributed by atoms with Crippen molar-refractivity contribution >= 4 is 11.6 Å². The van der Waals surface area contributed by atoms with Crippen molar-refractivity contribution in [1.29, 1.82) is 0 Å². The molecule has 0 saturated carbocycles. The summed E-state index contributed by atoms with van der Waals surface area (Å²) in [5, 5.41) is 5.97. The van der Waals surface area contributed by atoms with Gasteiger partial charge >= 0.3 is 0 Å². The van der Waals surface area contributed by atoms with E-state index >= 15 is 0 Å². The molecular formula is C13H19N3O2. The molecule has 5 heteroatoms. The predicted octanol–water partition coefficient (Wildman–Crippen LogP) is 1.42. The largest absolute Gasteiger partial charge is 0.387 e. The highest BCUT2D eigenvalue weighted by Gasteiger charge is 2.21. The zero-order valence-electron chi connectivity index (χ0n) is 10.8. The van der Waals surface area contributed by atoms with E-state index in [-0.39, 0.29) is 18.1 Å². The summed E-state index contributed by atoms with van der Waals surface area (Å²) in [7, 11) is 1.82. The Bertz CT molecular complexity index is 405. The van der Waals surface area contributed by atoms with Crippen molar-refractivity contribution in [3.05, 3.63) is 24.0 Å². The summed E-state index contributed by atoms with van der Waals surface area (Å²) in [5.41, 5.74) is 1.35. The Kier molecular flexibility index (Phi) is 4.15. The topological polar surface area (TPSA) is 63.2 Å². The Morgan fingerprint density at radius 2 is 2.33 bits per heavy atom. The summed E-state index contributed by atoms with van der Waals surface area (Å²) in [6, 6.07) is 3.75. The van der Waals surface area contributed by atoms with Crippen molar-refractivity contribution in [3.8, 4) is 0 Å². The van der Waals surface area contributed by atoms with Crippen LogP contribution in [0.1, 0.15) is 30.3 Å². The van der Waals surface area contributed by atoms with Gasteiger partial charge in [-0.1, -0.05) is 0 Å². The van der Waals surface area contributed by atoms with Gasteiger partial charge in [-0.05, 0) is 31.9 Å². The molecular weight excluding hydrogens is 230 g/mol. The third-order valence-corrected chi connectivity index (χ3v) is 3.11. The quantitative estimate of drug-likeness (QED) is 0.850. The molecule has 0 aromatic carbocycles. The Hall–Kier alpha value is -1.62. The maximum absolute atomic E-state index is 12.0. The number of ether oxygens (including phenoxy) is 1. The lowest BCUT2D eigenvalue weighted by molar-refractivity contribution is 0.0136. The van der Waals surface area contributed by atoms with Crippen LogP contribution in [-0.2, 0) is 4.74 Å². The first-order chi connectivity index (χ1) is 8.69. The summed E-state index contributed by atoms with van der Waals surface area (Å²) in [6.45, 7) is 2.73. The minimum absolute atomic E-state index is 0.114. The molecule has 2 heterocycles. The monoisotopic (exact) mass is 249 g/mol. The highest BCUT2D eigenvalue weighted by molar-refractivity contribution is 5.92. The molecule has 2 rings (SSSR count). The van der Waals surface area contributed by atoms with Gasteiger partial charge in [0.05, 0.1) is 18.0 Å². The van der Waals surface area contributed by atoms with E-state index in [4.69, 9.17) is 4.74 Å². The lowest BCUT2D eigenvalue weighted by Crippen LogP contribution is -2.41. The molecule has 1 amide bonds. The van der Waals surface area contributed by atoms with E-state index in [2.05, 4.69) is 15.6 Å². The van der Waals surface area contributed by atoms with Crippen LogP contribution in [0.4, 0.5) is 5.69 Å². The van der Waals surface area contributed by atoms with Gasteiger partial charge in [0.15, 0.2) is 0 Å². The van der Waals surface area contributed by atoms with Crippen LogP contribution in [0.3, 0.4) is 0 Å². The van der Waals surface area contributed by atoms with Gasteiger partial charge in [0.25, 0.3) is 5.91 Å². The molecule has 1 aliphatic heterocycles. The fourth-order valence-electron chi connectivity index (χ4n) is 2.06. The molecule has 0 bridgehead atoms. The Balaban J connectivity index is 1.94. The normalized spacial score (nSPS) is 23.4. The Morgan fingerprint density at radius 1 is 1.50 bits per heavy atom. The third-order valence-electron chi connectivity index (χ3n) is 3.11. The molecule has 1 fully saturated rings. The van der Waals surface area contributed by atoms with Crippen LogP contribution in [-0.4, -0.2) is 36.7 Å². The van der Waals surface area contributed by atoms with Gasteiger partial charge in [-0.25, -0.2) is 4.98 Å². The van der Waals surface area contributed by atoms with Crippen molar-refractivity contribution in [3.63, 3.8) is 0 Å². The summed E-state index contributed by atoms with van der Waals surface area (Å²) < 4.78 is 5.45. The number of carbonyl (C=O) groups excluding carboxylic acids is 1. The van der Waals surface area contributed by atoms with Crippen LogP contribution in [0, 0.1) is 0 Å². The summed E-state index contributed by atoms with van der Waals surface area (Å²) in [4.78, 5) is 16.1. The summed E-state index contributed by atoms with van der Waals surface area (Å²) in [5.74, 6) is -0.114. The summed E-state index contributed by atoms with van der Waals surface area (Å²) in [6.07, 6.45) is 3.59. The number of hydrogen-bond donors (Lipinski definition) is 2. The Labute approximate surface area is 107 Å². The number of pyridine rings is 1. The average molecular weight is 249 g/mol. The second-order valence-electron chi connectivity index (χ2n) is 4.56. The predicted molar refractivity (Wildman–Crippen MR) is 69.7 cm³/mol. The van der Waals surface area contributed by atoms with Gasteiger partial charge in [0.1, 0.15) is 5.69 Å². The number of hydrogen-bond acceptors (Lipinski definition) is 4. The standard InChI is InChI=1S/C13H19N3O2/c1-9-7-10(5-6-18-9)16-13(17)12-4-3-11(14-2)8-15-12/h3-4,8-10,14H,5-7H2,1-2H3,(H,16,17). The first kappa shape index (κ1) is 12.8. The minimum atomic E-state index is -0.114. The minimum Gasteiger partial charge on any atom is -0.387 e. The zero-order valence-corrected chi connectivity index (χ0v) is 10.8. The van der Waals surface area contributed by atoms with Crippen LogP contribution in [0.25, 0.3) is 0 Å². The molecule has 2 atom stereocenters. The van der Waals surface area contributed by atoms with Gasteiger partial charge in [-0.3, -0.25) is 4.79 Å². The van der Waals surface area contributed by atoms with Crippen LogP contribution < -0.4 is 10.6 Å². The molecule has 2 N–H and O–H groups in total. The molecule has 1 aromatic heterocycles. The molecule has 1 aromatic rings. The van der Waals surface area contributed by atoms with Crippen LogP contribution in [0.5, 0.6) is 0 Å². The van der Waals surface area contributed by atoms with Gasteiger partial charge in [-0.2, -0.15) is 0 Å². The number of nitrogens with one attached hydrogen (secondary N) is 2. The van der Waals surface area contributed by atoms with E-state index in [0.717, 1.165) is 18.5 Å². The van der Waals surface area contributed by atoms with Crippen LogP contribution >= 0.6 is 0 Å². The maximum atomic E-state index is 12.0. The van der Waals surface area contributed by atoms with Gasteiger partial charge in [-0.15, -0.1) is 0 Å². The molecule has 5 nitrogen and oxygen atoms in total. The van der Waals surface area contributed by atoms with E-state index in [9.17, 15) is 4.79 Å². The molecule has 1 aliphatic rings. The molecule has 98 valence electrons. The molecule has 0 aliphatic carbocycles. The van der Waals surface area contributed by atoms with E-state index in [1.165, 1.54) is 0 Å². The van der Waals surface area contributed by atoms with Crippen LogP contribution in [0.2, 0.25) is 0 Å². The fraction of sp³-hybridized carbons (Fsp3) is 0.538. The average Bonchev–Trinajstić information content (AvgIpc) is 2.39. The lowest BCUT2D eigenvalue weighted by atomic mass is 10.0. The number of rotatable bonds is 3. The summed E-state index contributed by atoms with van der Waals surface area (Å²) >= 11 is 0. The second kappa shape index (κ2) is 5.82. The van der Waals surface area contributed by atoms with E-state index in [0.29, 0.717) is 12.3 Å². The van der Waals surface area contributed by atoms with Crippen molar-refractivity contribution in [2.75, 3.05) is 19.0 Å². The van der Waals surface area contributed by atoms with E-state index in [1.54, 1.807) is 12.3 Å². The highest BCUT2D eigenvalue weighted by atomic mass is 16.5. The smallest absolute Gasteiger partial charge is 0.270 e. The Morgan fingerprint density at radius 3 is 2.94 bits per heavy atom.